The summed E-state index contributed by atoms with van der Waals surface area (Å²) in [5.41, 5.74) is 30.4. The molecule has 87 heavy (non-hydrogen) atoms. The molecule has 0 N–H and O–H groups in total. The van der Waals surface area contributed by atoms with Crippen molar-refractivity contribution in [1.29, 1.82) is 0 Å². The van der Waals surface area contributed by atoms with Gasteiger partial charge in [-0.2, -0.15) is 0 Å². The molecule has 0 saturated carbocycles. The molecule has 0 atom stereocenters. The number of fused-ring (bicyclic) bond motifs is 15. The Hall–Kier alpha value is -9.10. The fourth-order valence-corrected chi connectivity index (χ4v) is 15.6. The van der Waals surface area contributed by atoms with Crippen LogP contribution in [-0.2, 0) is 34.5 Å². The summed E-state index contributed by atoms with van der Waals surface area (Å²) in [6.07, 6.45) is 3.26. The molecule has 0 aromatic heterocycles. The zero-order valence-electron chi connectivity index (χ0n) is 52.2. The number of rotatable bonds is 7. The van der Waals surface area contributed by atoms with Crippen molar-refractivity contribution in [1.82, 2.24) is 0 Å². The van der Waals surface area contributed by atoms with Crippen LogP contribution in [0.5, 0.6) is 0 Å². The molecule has 0 radical (unpaired) electrons. The molecule has 13 aromatic carbocycles. The second kappa shape index (κ2) is 20.3. The van der Waals surface area contributed by atoms with Gasteiger partial charge in [0.05, 0.1) is 0 Å². The molecule has 0 aliphatic heterocycles. The second-order valence-electron chi connectivity index (χ2n) is 28.0. The lowest BCUT2D eigenvalue weighted by Gasteiger charge is -2.27. The fourth-order valence-electron chi connectivity index (χ4n) is 15.6. The topological polar surface area (TPSA) is 0 Å². The summed E-state index contributed by atoms with van der Waals surface area (Å²) >= 11 is 0. The van der Waals surface area contributed by atoms with E-state index in [-0.39, 0.29) is 21.7 Å². The van der Waals surface area contributed by atoms with E-state index in [1.807, 2.05) is 0 Å². The molecule has 0 amide bonds. The SMILES string of the molecule is CC1(C)c2cc(CCCc3ccc4c(c3)C(C)(C)c3cc(-c5cc6ccccc6c6ccccc56)ccc3-4)ccc2-c2ccc(-c3cc4ccccc4c4ccccc34)cc21.Cc1ccc(-c2cc3c(cc2C(C)(C)C)-c2ccccc2C3(C)C)cc1. The molecule has 0 bridgehead atoms. The van der Waals surface area contributed by atoms with Crippen molar-refractivity contribution in [2.45, 2.75) is 110 Å². The van der Waals surface area contributed by atoms with Crippen LogP contribution in [0.15, 0.2) is 243 Å². The molecule has 0 saturated heterocycles. The van der Waals surface area contributed by atoms with Crippen LogP contribution >= 0.6 is 0 Å². The van der Waals surface area contributed by atoms with Crippen LogP contribution in [-0.4, -0.2) is 0 Å². The third kappa shape index (κ3) is 8.92. The van der Waals surface area contributed by atoms with Crippen molar-refractivity contribution in [2.75, 3.05) is 0 Å². The van der Waals surface area contributed by atoms with Crippen LogP contribution in [0.3, 0.4) is 0 Å². The second-order valence-corrected chi connectivity index (χ2v) is 28.0. The van der Waals surface area contributed by atoms with Gasteiger partial charge in [-0.3, -0.25) is 0 Å². The Morgan fingerprint density at radius 2 is 0.655 bits per heavy atom. The third-order valence-corrected chi connectivity index (χ3v) is 20.5. The molecule has 16 rings (SSSR count). The minimum atomic E-state index is -0.0782. The summed E-state index contributed by atoms with van der Waals surface area (Å²) < 4.78 is 0. The average Bonchev–Trinajstić information content (AvgIpc) is 1.71. The highest BCUT2D eigenvalue weighted by Crippen LogP contribution is 2.54. The lowest BCUT2D eigenvalue weighted by molar-refractivity contribution is 0.591. The summed E-state index contributed by atoms with van der Waals surface area (Å²) in [5.74, 6) is 0. The van der Waals surface area contributed by atoms with E-state index >= 15 is 0 Å². The number of benzene rings is 13. The first kappa shape index (κ1) is 54.5. The van der Waals surface area contributed by atoms with Crippen molar-refractivity contribution in [3.63, 3.8) is 0 Å². The molecule has 3 aliphatic rings. The molecule has 0 nitrogen and oxygen atoms in total. The van der Waals surface area contributed by atoms with E-state index in [1.165, 1.54) is 165 Å². The van der Waals surface area contributed by atoms with Gasteiger partial charge in [0.25, 0.3) is 0 Å². The van der Waals surface area contributed by atoms with Gasteiger partial charge in [-0.25, -0.2) is 0 Å². The molecule has 0 unspecified atom stereocenters. The van der Waals surface area contributed by atoms with E-state index in [0.717, 1.165) is 19.3 Å². The first-order valence-electron chi connectivity index (χ1n) is 31.7. The van der Waals surface area contributed by atoms with E-state index < -0.39 is 0 Å². The normalized spacial score (nSPS) is 14.5. The molecule has 13 aromatic rings. The van der Waals surface area contributed by atoms with Crippen LogP contribution < -0.4 is 0 Å². The predicted octanol–water partition coefficient (Wildman–Crippen LogP) is 23.7. The highest BCUT2D eigenvalue weighted by atomic mass is 14.4. The fraction of sp³-hybridized carbons (Fsp3) is 0.195. The van der Waals surface area contributed by atoms with Crippen LogP contribution in [0.4, 0.5) is 0 Å². The molecular weight excluding hydrogens is 1040 g/mol. The van der Waals surface area contributed by atoms with Gasteiger partial charge in [0.15, 0.2) is 0 Å². The van der Waals surface area contributed by atoms with Gasteiger partial charge < -0.3 is 0 Å². The Labute approximate surface area is 515 Å². The van der Waals surface area contributed by atoms with E-state index in [9.17, 15) is 0 Å². The predicted molar refractivity (Wildman–Crippen MR) is 374 cm³/mol. The van der Waals surface area contributed by atoms with E-state index in [2.05, 4.69) is 312 Å². The Balaban J connectivity index is 0.000000205. The van der Waals surface area contributed by atoms with Gasteiger partial charge in [-0.1, -0.05) is 274 Å². The van der Waals surface area contributed by atoms with Gasteiger partial charge in [0.2, 0.25) is 0 Å². The summed E-state index contributed by atoms with van der Waals surface area (Å²) in [6, 6.07) is 91.9. The van der Waals surface area contributed by atoms with Gasteiger partial charge in [0, 0.05) is 16.2 Å². The van der Waals surface area contributed by atoms with Crippen molar-refractivity contribution in [3.05, 3.63) is 298 Å². The van der Waals surface area contributed by atoms with E-state index in [4.69, 9.17) is 0 Å². The molecule has 0 fully saturated rings. The van der Waals surface area contributed by atoms with Crippen LogP contribution in [0, 0.1) is 6.92 Å². The zero-order chi connectivity index (χ0) is 59.7. The van der Waals surface area contributed by atoms with Gasteiger partial charge in [-0.15, -0.1) is 0 Å². The first-order valence-corrected chi connectivity index (χ1v) is 31.7. The Morgan fingerprint density at radius 3 is 1.15 bits per heavy atom. The maximum absolute atomic E-state index is 2.51. The maximum Gasteiger partial charge on any atom is 0.0159 e. The van der Waals surface area contributed by atoms with Crippen molar-refractivity contribution in [3.8, 4) is 66.8 Å². The van der Waals surface area contributed by atoms with Gasteiger partial charge in [-0.05, 0) is 228 Å². The Bertz CT molecular complexity index is 4720. The molecule has 0 spiro atoms. The smallest absolute Gasteiger partial charge is 0.0159 e. The molecule has 424 valence electrons. The standard InChI is InChI=1S/C61H48.C26H28/c1-60(2)56-32-38(24-28-50(56)52-30-26-42(36-58(52)60)54-34-40-16-5-7-18-44(40)46-20-9-11-22-48(46)54)14-13-15-39-25-29-51-53-31-27-43(37-59(53)61(3,4)57(51)33-39)55-35-41-17-6-8-19-45(41)47-21-10-12-23-49(47)55;1-17-11-13-18(14-12-17)20-15-24-21(16-23(20)25(2,3)4)19-9-7-8-10-22(19)26(24,5)6/h5-12,16-37H,13-15H2,1-4H3;7-16H,1-6H3. The van der Waals surface area contributed by atoms with Gasteiger partial charge >= 0.3 is 0 Å². The van der Waals surface area contributed by atoms with Crippen molar-refractivity contribution < 1.29 is 0 Å². The number of aryl methyl sites for hydroxylation is 3. The Kier molecular flexibility index (Phi) is 12.7. The number of hydrogen-bond donors (Lipinski definition) is 0. The summed E-state index contributed by atoms with van der Waals surface area (Å²) in [7, 11) is 0. The highest BCUT2D eigenvalue weighted by Gasteiger charge is 2.39. The van der Waals surface area contributed by atoms with Crippen LogP contribution in [0.1, 0.15) is 124 Å². The Morgan fingerprint density at radius 1 is 0.276 bits per heavy atom. The van der Waals surface area contributed by atoms with Crippen LogP contribution in [0.25, 0.3) is 110 Å². The molecule has 0 heteroatoms. The largest absolute Gasteiger partial charge is 0.0619 e. The zero-order valence-corrected chi connectivity index (χ0v) is 52.2. The molecule has 0 heterocycles. The van der Waals surface area contributed by atoms with E-state index in [0.29, 0.717) is 0 Å². The average molecular weight is 1120 g/mol. The van der Waals surface area contributed by atoms with Crippen molar-refractivity contribution >= 4 is 43.1 Å². The summed E-state index contributed by atoms with van der Waals surface area (Å²) in [6.45, 7) is 23.5. The number of hydrogen-bond acceptors (Lipinski definition) is 0. The lowest BCUT2D eigenvalue weighted by Crippen LogP contribution is -2.17. The summed E-state index contributed by atoms with van der Waals surface area (Å²) in [4.78, 5) is 0. The van der Waals surface area contributed by atoms with Crippen molar-refractivity contribution in [2.24, 2.45) is 0 Å². The van der Waals surface area contributed by atoms with Crippen LogP contribution in [0.2, 0.25) is 0 Å². The molecular formula is C87H76. The minimum Gasteiger partial charge on any atom is -0.0619 e. The third-order valence-electron chi connectivity index (χ3n) is 20.5. The highest BCUT2D eigenvalue weighted by molar-refractivity contribution is 6.15. The lowest BCUT2D eigenvalue weighted by atomic mass is 9.76. The minimum absolute atomic E-state index is 0.0434. The quantitative estimate of drug-likeness (QED) is 0.140. The van der Waals surface area contributed by atoms with E-state index in [1.54, 1.807) is 0 Å². The molecule has 3 aliphatic carbocycles. The summed E-state index contributed by atoms with van der Waals surface area (Å²) in [5, 5.41) is 10.5. The maximum atomic E-state index is 2.51. The van der Waals surface area contributed by atoms with Gasteiger partial charge in [0.1, 0.15) is 0 Å². The first-order chi connectivity index (χ1) is 41.9. The monoisotopic (exact) mass is 1120 g/mol.